The van der Waals surface area contributed by atoms with E-state index in [0.717, 1.165) is 69.7 Å². The van der Waals surface area contributed by atoms with Crippen molar-refractivity contribution in [2.45, 2.75) is 206 Å². The SMILES string of the molecule is C=O.CC=O.CCC(C)C(=O)NCCC[Si](C)(OC(C)C)OC(C)C.CCCOC(=O)C(C)CC.CCCOC(=O)C(C)CC.CCO[Si](C)(CCCNC(=O)C(C)CC)OCC. The third kappa shape index (κ3) is 48.8. The lowest BCUT2D eigenvalue weighted by Gasteiger charge is -2.31. The van der Waals surface area contributed by atoms with E-state index < -0.39 is 17.1 Å². The van der Waals surface area contributed by atoms with Crippen molar-refractivity contribution in [1.29, 1.82) is 0 Å². The summed E-state index contributed by atoms with van der Waals surface area (Å²) in [4.78, 5) is 61.9. The number of nitrogens with one attached hydrogen (secondary N) is 2. The van der Waals surface area contributed by atoms with E-state index in [-0.39, 0.29) is 59.6 Å². The topological polar surface area (TPSA) is 182 Å². The number of rotatable bonds is 28. The smallest absolute Gasteiger partial charge is 0.335 e. The number of hydrogen-bond donors (Lipinski definition) is 2. The molecule has 0 aromatic heterocycles. The lowest BCUT2D eigenvalue weighted by atomic mass is 10.1. The van der Waals surface area contributed by atoms with Gasteiger partial charge in [-0.05, 0) is 125 Å². The van der Waals surface area contributed by atoms with E-state index in [9.17, 15) is 19.2 Å². The largest absolute Gasteiger partial charge is 0.465 e. The predicted octanol–water partition coefficient (Wildman–Crippen LogP) is 10.1. The van der Waals surface area contributed by atoms with Crippen molar-refractivity contribution >= 4 is 54.0 Å². The van der Waals surface area contributed by atoms with Crippen LogP contribution in [-0.4, -0.2) is 106 Å². The molecule has 14 nitrogen and oxygen atoms in total. The number of ether oxygens (including phenoxy) is 2. The van der Waals surface area contributed by atoms with Crippen molar-refractivity contribution in [1.82, 2.24) is 10.6 Å². The van der Waals surface area contributed by atoms with Gasteiger partial charge < -0.3 is 47.4 Å². The molecule has 0 aliphatic heterocycles. The lowest BCUT2D eigenvalue weighted by Crippen LogP contribution is -2.43. The van der Waals surface area contributed by atoms with Crippen LogP contribution in [0.3, 0.4) is 0 Å². The van der Waals surface area contributed by atoms with Crippen LogP contribution >= 0.6 is 0 Å². The van der Waals surface area contributed by atoms with E-state index >= 15 is 0 Å². The first kappa shape index (κ1) is 72.1. The van der Waals surface area contributed by atoms with Crippen LogP contribution in [0.1, 0.15) is 169 Å². The van der Waals surface area contributed by atoms with Crippen molar-refractivity contribution in [3.05, 3.63) is 0 Å². The van der Waals surface area contributed by atoms with Crippen LogP contribution in [0.5, 0.6) is 0 Å². The van der Waals surface area contributed by atoms with Crippen molar-refractivity contribution in [3.63, 3.8) is 0 Å². The summed E-state index contributed by atoms with van der Waals surface area (Å²) < 4.78 is 33.4. The van der Waals surface area contributed by atoms with Gasteiger partial charge in [0.25, 0.3) is 0 Å². The zero-order valence-corrected chi connectivity index (χ0v) is 46.0. The Morgan fingerprint density at radius 2 is 0.825 bits per heavy atom. The van der Waals surface area contributed by atoms with Crippen LogP contribution < -0.4 is 10.6 Å². The van der Waals surface area contributed by atoms with Crippen LogP contribution in [0.4, 0.5) is 0 Å². The molecule has 0 aromatic rings. The Morgan fingerprint density at radius 1 is 0.540 bits per heavy atom. The fourth-order valence-corrected chi connectivity index (χ4v) is 10.4. The van der Waals surface area contributed by atoms with Gasteiger partial charge in [0.05, 0.1) is 25.0 Å². The zero-order chi connectivity index (χ0) is 50.5. The molecule has 0 radical (unpaired) electrons. The molecule has 4 atom stereocenters. The molecule has 0 bridgehead atoms. The fourth-order valence-electron chi connectivity index (χ4n) is 4.92. The Balaban J connectivity index is -0.000000172. The standard InChI is InChI=1S/C15H33NO3Si.C13H29NO3Si.2C8H16O2.C2H4O.CH2O/c1-8-14(6)15(17)16-10-9-11-20(7,18-12(2)3)19-13(4)5;1-6-12(4)13(15)14-10-9-11-18(5,16-7-2)17-8-3;2*1-4-6-10-8(9)7(3)5-2;1-2-3;1-2/h12-14H,8-11H2,1-7H3,(H,16,17);12H,6-11H2,1-5H3,(H,14,15);2*7H,4-6H2,1-3H3;2H,1H3;1H2. The Labute approximate surface area is 389 Å². The van der Waals surface area contributed by atoms with Gasteiger partial charge in [0.2, 0.25) is 11.8 Å². The molecule has 2 N–H and O–H groups in total. The van der Waals surface area contributed by atoms with Gasteiger partial charge in [-0.2, -0.15) is 0 Å². The van der Waals surface area contributed by atoms with E-state index in [1.54, 1.807) is 0 Å². The predicted molar refractivity (Wildman–Crippen MR) is 263 cm³/mol. The minimum atomic E-state index is -2.13. The van der Waals surface area contributed by atoms with Crippen LogP contribution in [0.25, 0.3) is 0 Å². The molecule has 4 unspecified atom stereocenters. The number of aldehydes is 1. The molecule has 378 valence electrons. The van der Waals surface area contributed by atoms with Gasteiger partial charge in [0.1, 0.15) is 13.1 Å². The Morgan fingerprint density at radius 3 is 1.06 bits per heavy atom. The Kier molecular flexibility index (Phi) is 56.0. The monoisotopic (exact) mass is 941 g/mol. The average Bonchev–Trinajstić information content (AvgIpc) is 3.24. The molecule has 0 aliphatic rings. The maximum absolute atomic E-state index is 11.7. The van der Waals surface area contributed by atoms with E-state index in [2.05, 4.69) is 23.7 Å². The van der Waals surface area contributed by atoms with Crippen LogP contribution in [-0.2, 0) is 55.9 Å². The molecule has 2 amide bonds. The summed E-state index contributed by atoms with van der Waals surface area (Å²) in [6, 6.07) is 1.83. The minimum absolute atomic E-state index is 0.0616. The summed E-state index contributed by atoms with van der Waals surface area (Å²) in [5.74, 6) is 0.482. The summed E-state index contributed by atoms with van der Waals surface area (Å²) >= 11 is 0. The van der Waals surface area contributed by atoms with Gasteiger partial charge in [0.15, 0.2) is 0 Å². The van der Waals surface area contributed by atoms with Crippen LogP contribution in [0.2, 0.25) is 25.2 Å². The van der Waals surface area contributed by atoms with Gasteiger partial charge in [-0.1, -0.05) is 69.2 Å². The highest BCUT2D eigenvalue weighted by Gasteiger charge is 2.33. The average molecular weight is 941 g/mol. The minimum Gasteiger partial charge on any atom is -0.465 e. The van der Waals surface area contributed by atoms with E-state index in [4.69, 9.17) is 36.8 Å². The van der Waals surface area contributed by atoms with E-state index in [1.165, 1.54) is 6.92 Å². The normalized spacial score (nSPS) is 12.5. The summed E-state index contributed by atoms with van der Waals surface area (Å²) in [6.07, 6.45) is 8.24. The van der Waals surface area contributed by atoms with Gasteiger partial charge in [-0.15, -0.1) is 0 Å². The number of amides is 2. The Bertz CT molecular complexity index is 1040. The van der Waals surface area contributed by atoms with E-state index in [1.807, 2.05) is 118 Å². The molecule has 0 fully saturated rings. The van der Waals surface area contributed by atoms with Gasteiger partial charge in [-0.3, -0.25) is 19.2 Å². The second-order valence-electron chi connectivity index (χ2n) is 16.1. The third-order valence-electron chi connectivity index (χ3n) is 9.13. The van der Waals surface area contributed by atoms with Gasteiger partial charge >= 0.3 is 29.1 Å². The lowest BCUT2D eigenvalue weighted by molar-refractivity contribution is -0.148. The second-order valence-corrected chi connectivity index (χ2v) is 22.6. The van der Waals surface area contributed by atoms with Crippen molar-refractivity contribution < 1.29 is 55.9 Å². The molecular weight excluding hydrogens is 841 g/mol. The molecule has 16 heteroatoms. The molecule has 0 heterocycles. The molecule has 0 saturated heterocycles. The van der Waals surface area contributed by atoms with Crippen molar-refractivity contribution in [2.24, 2.45) is 23.7 Å². The van der Waals surface area contributed by atoms with Crippen LogP contribution in [0.15, 0.2) is 0 Å². The number of carbonyl (C=O) groups is 6. The molecular formula is C47H100N2O12Si2. The first-order valence-electron chi connectivity index (χ1n) is 23.7. The highest BCUT2D eigenvalue weighted by atomic mass is 28.4. The molecule has 0 rings (SSSR count). The highest BCUT2D eigenvalue weighted by Crippen LogP contribution is 2.20. The van der Waals surface area contributed by atoms with Crippen LogP contribution in [0, 0.1) is 23.7 Å². The number of carbonyl (C=O) groups excluding carboxylic acids is 6. The third-order valence-corrected chi connectivity index (χ3v) is 15.4. The van der Waals surface area contributed by atoms with Gasteiger partial charge in [-0.25, -0.2) is 0 Å². The maximum Gasteiger partial charge on any atom is 0.335 e. The van der Waals surface area contributed by atoms with Gasteiger partial charge in [0, 0.05) is 50.3 Å². The number of esters is 2. The summed E-state index contributed by atoms with van der Waals surface area (Å²) in [5, 5.41) is 5.95. The second kappa shape index (κ2) is 48.9. The van der Waals surface area contributed by atoms with Crippen molar-refractivity contribution in [3.8, 4) is 0 Å². The molecule has 0 saturated carbocycles. The first-order valence-corrected chi connectivity index (χ1v) is 28.8. The fraction of sp³-hybridized carbons (Fsp3) is 0.872. The maximum atomic E-state index is 11.7. The first-order chi connectivity index (χ1) is 29.5. The quantitative estimate of drug-likeness (QED) is 0.0328. The molecule has 63 heavy (non-hydrogen) atoms. The zero-order valence-electron chi connectivity index (χ0n) is 44.0. The molecule has 0 aliphatic carbocycles. The summed E-state index contributed by atoms with van der Waals surface area (Å²) in [5.41, 5.74) is 0. The van der Waals surface area contributed by atoms with Crippen molar-refractivity contribution in [2.75, 3.05) is 39.5 Å². The Hall–Kier alpha value is -2.51. The molecule has 0 spiro atoms. The highest BCUT2D eigenvalue weighted by molar-refractivity contribution is 6.66. The summed E-state index contributed by atoms with van der Waals surface area (Å²) in [7, 11) is -4.14. The molecule has 0 aromatic carbocycles. The number of hydrogen-bond acceptors (Lipinski definition) is 12. The van der Waals surface area contributed by atoms with E-state index in [0.29, 0.717) is 39.5 Å². The summed E-state index contributed by atoms with van der Waals surface area (Å²) in [6.45, 7) is 43.4.